The van der Waals surface area contributed by atoms with Crippen molar-refractivity contribution in [3.63, 3.8) is 0 Å². The molecule has 1 saturated heterocycles. The Morgan fingerprint density at radius 1 is 1.62 bits per heavy atom. The number of nitrogens with one attached hydrogen (secondary N) is 1. The summed E-state index contributed by atoms with van der Waals surface area (Å²) in [7, 11) is 0. The molecule has 70 valence electrons. The zero-order chi connectivity index (χ0) is 9.26. The third-order valence-electron chi connectivity index (χ3n) is 2.30. The SMILES string of the molecule is NC1CCC(=O)NC1c1ccco1. The van der Waals surface area contributed by atoms with Gasteiger partial charge >= 0.3 is 0 Å². The molecule has 4 heteroatoms. The van der Waals surface area contributed by atoms with Crippen LogP contribution in [0.5, 0.6) is 0 Å². The molecule has 0 saturated carbocycles. The first-order chi connectivity index (χ1) is 6.27. The van der Waals surface area contributed by atoms with Crippen LogP contribution in [-0.2, 0) is 4.79 Å². The number of rotatable bonds is 1. The Bertz CT molecular complexity index is 295. The molecule has 2 heterocycles. The second-order valence-corrected chi connectivity index (χ2v) is 3.26. The molecule has 4 nitrogen and oxygen atoms in total. The molecular weight excluding hydrogens is 168 g/mol. The maximum Gasteiger partial charge on any atom is 0.220 e. The molecule has 1 fully saturated rings. The Labute approximate surface area is 76.1 Å². The van der Waals surface area contributed by atoms with Gasteiger partial charge in [0.2, 0.25) is 5.91 Å². The monoisotopic (exact) mass is 180 g/mol. The normalized spacial score (nSPS) is 28.5. The van der Waals surface area contributed by atoms with E-state index in [1.165, 1.54) is 0 Å². The van der Waals surface area contributed by atoms with Crippen LogP contribution in [0.25, 0.3) is 0 Å². The average molecular weight is 180 g/mol. The number of carbonyl (C=O) groups is 1. The summed E-state index contributed by atoms with van der Waals surface area (Å²) >= 11 is 0. The maximum absolute atomic E-state index is 11.1. The van der Waals surface area contributed by atoms with E-state index in [0.717, 1.165) is 12.2 Å². The molecule has 2 unspecified atom stereocenters. The van der Waals surface area contributed by atoms with Gasteiger partial charge in [-0.25, -0.2) is 0 Å². The predicted octanol–water partition coefficient (Wildman–Crippen LogP) is 0.558. The molecule has 0 radical (unpaired) electrons. The highest BCUT2D eigenvalue weighted by atomic mass is 16.3. The zero-order valence-electron chi connectivity index (χ0n) is 7.19. The van der Waals surface area contributed by atoms with E-state index < -0.39 is 0 Å². The van der Waals surface area contributed by atoms with Gasteiger partial charge in [0, 0.05) is 12.5 Å². The van der Waals surface area contributed by atoms with Gasteiger partial charge in [0.05, 0.1) is 6.26 Å². The van der Waals surface area contributed by atoms with Crippen LogP contribution >= 0.6 is 0 Å². The lowest BCUT2D eigenvalue weighted by atomic mass is 9.97. The number of amides is 1. The number of piperidine rings is 1. The average Bonchev–Trinajstić information content (AvgIpc) is 2.61. The second-order valence-electron chi connectivity index (χ2n) is 3.26. The van der Waals surface area contributed by atoms with Gasteiger partial charge in [0.1, 0.15) is 11.8 Å². The Balaban J connectivity index is 2.17. The Kier molecular flexibility index (Phi) is 2.06. The molecule has 1 amide bonds. The maximum atomic E-state index is 11.1. The molecule has 1 aromatic rings. The molecule has 2 rings (SSSR count). The molecule has 1 aliphatic rings. The summed E-state index contributed by atoms with van der Waals surface area (Å²) in [4.78, 5) is 11.1. The van der Waals surface area contributed by atoms with E-state index in [1.807, 2.05) is 6.07 Å². The quantitative estimate of drug-likeness (QED) is 0.663. The van der Waals surface area contributed by atoms with Crippen molar-refractivity contribution >= 4 is 5.91 Å². The van der Waals surface area contributed by atoms with Crippen LogP contribution in [-0.4, -0.2) is 11.9 Å². The molecule has 0 aliphatic carbocycles. The molecule has 13 heavy (non-hydrogen) atoms. The van der Waals surface area contributed by atoms with Gasteiger partial charge in [-0.2, -0.15) is 0 Å². The Morgan fingerprint density at radius 2 is 2.46 bits per heavy atom. The molecule has 3 N–H and O–H groups in total. The first-order valence-electron chi connectivity index (χ1n) is 4.36. The van der Waals surface area contributed by atoms with Gasteiger partial charge in [0.15, 0.2) is 0 Å². The predicted molar refractivity (Wildman–Crippen MR) is 46.8 cm³/mol. The van der Waals surface area contributed by atoms with E-state index in [9.17, 15) is 4.79 Å². The summed E-state index contributed by atoms with van der Waals surface area (Å²) in [5.74, 6) is 0.781. The van der Waals surface area contributed by atoms with Gasteiger partial charge in [-0.1, -0.05) is 0 Å². The van der Waals surface area contributed by atoms with Crippen LogP contribution in [0.2, 0.25) is 0 Å². The topological polar surface area (TPSA) is 68.3 Å². The van der Waals surface area contributed by atoms with E-state index >= 15 is 0 Å². The van der Waals surface area contributed by atoms with Gasteiger partial charge in [0.25, 0.3) is 0 Å². The number of nitrogens with two attached hydrogens (primary N) is 1. The summed E-state index contributed by atoms with van der Waals surface area (Å²) < 4.78 is 5.20. The third kappa shape index (κ3) is 1.58. The van der Waals surface area contributed by atoms with Crippen molar-refractivity contribution in [2.45, 2.75) is 24.9 Å². The van der Waals surface area contributed by atoms with Gasteiger partial charge < -0.3 is 15.5 Å². The van der Waals surface area contributed by atoms with Crippen LogP contribution in [0.3, 0.4) is 0 Å². The second kappa shape index (κ2) is 3.22. The number of furan rings is 1. The van der Waals surface area contributed by atoms with E-state index in [4.69, 9.17) is 10.2 Å². The van der Waals surface area contributed by atoms with E-state index in [-0.39, 0.29) is 18.0 Å². The highest BCUT2D eigenvalue weighted by Gasteiger charge is 2.28. The summed E-state index contributed by atoms with van der Waals surface area (Å²) in [6, 6.07) is 3.43. The van der Waals surface area contributed by atoms with Crippen molar-refractivity contribution in [3.8, 4) is 0 Å². The standard InChI is InChI=1S/C9H12N2O2/c10-6-3-4-8(12)11-9(6)7-2-1-5-13-7/h1-2,5-6,9H,3-4,10H2,(H,11,12). The van der Waals surface area contributed by atoms with Gasteiger partial charge in [-0.05, 0) is 18.6 Å². The van der Waals surface area contributed by atoms with Crippen LogP contribution in [0.1, 0.15) is 24.6 Å². The van der Waals surface area contributed by atoms with Crippen molar-refractivity contribution < 1.29 is 9.21 Å². The first-order valence-corrected chi connectivity index (χ1v) is 4.36. The first kappa shape index (κ1) is 8.31. The lowest BCUT2D eigenvalue weighted by molar-refractivity contribution is -0.123. The molecule has 1 aliphatic heterocycles. The van der Waals surface area contributed by atoms with E-state index in [1.54, 1.807) is 12.3 Å². The molecular formula is C9H12N2O2. The van der Waals surface area contributed by atoms with Crippen molar-refractivity contribution in [2.75, 3.05) is 0 Å². The van der Waals surface area contributed by atoms with Gasteiger partial charge in [-0.3, -0.25) is 4.79 Å². The van der Waals surface area contributed by atoms with E-state index in [0.29, 0.717) is 6.42 Å². The van der Waals surface area contributed by atoms with Crippen LogP contribution < -0.4 is 11.1 Å². The molecule has 0 spiro atoms. The van der Waals surface area contributed by atoms with Crippen molar-refractivity contribution in [3.05, 3.63) is 24.2 Å². The minimum atomic E-state index is -0.156. The van der Waals surface area contributed by atoms with Crippen LogP contribution in [0.15, 0.2) is 22.8 Å². The molecule has 2 atom stereocenters. The smallest absolute Gasteiger partial charge is 0.220 e. The van der Waals surface area contributed by atoms with Crippen molar-refractivity contribution in [1.29, 1.82) is 0 Å². The molecule has 0 aromatic carbocycles. The van der Waals surface area contributed by atoms with Crippen molar-refractivity contribution in [1.82, 2.24) is 5.32 Å². The molecule has 1 aromatic heterocycles. The lowest BCUT2D eigenvalue weighted by Gasteiger charge is -2.27. The van der Waals surface area contributed by atoms with Gasteiger partial charge in [-0.15, -0.1) is 0 Å². The highest BCUT2D eigenvalue weighted by molar-refractivity contribution is 5.77. The number of hydrogen-bond donors (Lipinski definition) is 2. The molecule has 0 bridgehead atoms. The lowest BCUT2D eigenvalue weighted by Crippen LogP contribution is -2.45. The van der Waals surface area contributed by atoms with Crippen LogP contribution in [0, 0.1) is 0 Å². The highest BCUT2D eigenvalue weighted by Crippen LogP contribution is 2.22. The summed E-state index contributed by atoms with van der Waals surface area (Å²) in [5.41, 5.74) is 5.86. The largest absolute Gasteiger partial charge is 0.467 e. The van der Waals surface area contributed by atoms with Crippen molar-refractivity contribution in [2.24, 2.45) is 5.73 Å². The Hall–Kier alpha value is -1.29. The fourth-order valence-electron chi connectivity index (χ4n) is 1.57. The summed E-state index contributed by atoms with van der Waals surface area (Å²) in [6.07, 6.45) is 2.82. The summed E-state index contributed by atoms with van der Waals surface area (Å²) in [5, 5.41) is 2.81. The number of carbonyl (C=O) groups excluding carboxylic acids is 1. The minimum absolute atomic E-state index is 0.0381. The summed E-state index contributed by atoms with van der Waals surface area (Å²) in [6.45, 7) is 0. The minimum Gasteiger partial charge on any atom is -0.467 e. The number of hydrogen-bond acceptors (Lipinski definition) is 3. The van der Waals surface area contributed by atoms with E-state index in [2.05, 4.69) is 5.32 Å². The Morgan fingerprint density at radius 3 is 3.15 bits per heavy atom. The fourth-order valence-corrected chi connectivity index (χ4v) is 1.57. The van der Waals surface area contributed by atoms with Crippen LogP contribution in [0.4, 0.5) is 0 Å². The fraction of sp³-hybridized carbons (Fsp3) is 0.444. The third-order valence-corrected chi connectivity index (χ3v) is 2.30. The zero-order valence-corrected chi connectivity index (χ0v) is 7.19.